The maximum Gasteiger partial charge on any atom is 0.223 e. The van der Waals surface area contributed by atoms with Gasteiger partial charge in [-0.2, -0.15) is 0 Å². The summed E-state index contributed by atoms with van der Waals surface area (Å²) in [4.78, 5) is 12.5. The van der Waals surface area contributed by atoms with Crippen molar-refractivity contribution in [3.05, 3.63) is 0 Å². The lowest BCUT2D eigenvalue weighted by Gasteiger charge is -2.57. The van der Waals surface area contributed by atoms with Crippen molar-refractivity contribution in [3.8, 4) is 0 Å². The number of carbonyl (C=O) groups is 1. The third-order valence-electron chi connectivity index (χ3n) is 6.14. The molecular weight excluding hydrogens is 236 g/mol. The van der Waals surface area contributed by atoms with Gasteiger partial charge in [-0.25, -0.2) is 0 Å². The Morgan fingerprint density at radius 1 is 0.947 bits per heavy atom. The smallest absolute Gasteiger partial charge is 0.223 e. The summed E-state index contributed by atoms with van der Waals surface area (Å²) in [5, 5.41) is 6.88. The highest BCUT2D eigenvalue weighted by molar-refractivity contribution is 5.79. The van der Waals surface area contributed by atoms with Gasteiger partial charge in [0, 0.05) is 11.5 Å². The Bertz CT molecular complexity index is 338. The Morgan fingerprint density at radius 3 is 2.00 bits per heavy atom. The van der Waals surface area contributed by atoms with Crippen molar-refractivity contribution in [1.82, 2.24) is 10.6 Å². The van der Waals surface area contributed by atoms with Crippen LogP contribution in [0.5, 0.6) is 0 Å². The number of carbonyl (C=O) groups excluding carboxylic acids is 1. The second-order valence-corrected chi connectivity index (χ2v) is 7.71. The summed E-state index contributed by atoms with van der Waals surface area (Å²) in [7, 11) is 0. The van der Waals surface area contributed by atoms with E-state index in [0.717, 1.165) is 43.7 Å². The van der Waals surface area contributed by atoms with E-state index in [9.17, 15) is 4.79 Å². The van der Waals surface area contributed by atoms with E-state index in [2.05, 4.69) is 10.6 Å². The number of hydrogen-bond acceptors (Lipinski definition) is 2. The van der Waals surface area contributed by atoms with Gasteiger partial charge in [-0.15, -0.1) is 0 Å². The van der Waals surface area contributed by atoms with Crippen LogP contribution in [0, 0.1) is 23.7 Å². The van der Waals surface area contributed by atoms with Crippen molar-refractivity contribution in [2.75, 3.05) is 13.1 Å². The van der Waals surface area contributed by atoms with Crippen LogP contribution in [-0.4, -0.2) is 24.5 Å². The molecule has 1 heterocycles. The Hall–Kier alpha value is -0.570. The number of nitrogens with one attached hydrogen (secondary N) is 2. The fraction of sp³-hybridized carbons (Fsp3) is 0.938. The first-order valence-corrected chi connectivity index (χ1v) is 8.25. The Morgan fingerprint density at radius 2 is 1.47 bits per heavy atom. The minimum atomic E-state index is 0.205. The second kappa shape index (κ2) is 4.47. The quantitative estimate of drug-likeness (QED) is 0.800. The topological polar surface area (TPSA) is 41.1 Å². The van der Waals surface area contributed by atoms with Gasteiger partial charge in [-0.1, -0.05) is 0 Å². The van der Waals surface area contributed by atoms with Crippen LogP contribution < -0.4 is 10.6 Å². The summed E-state index contributed by atoms with van der Waals surface area (Å²) in [5.74, 6) is 3.39. The van der Waals surface area contributed by atoms with Crippen LogP contribution in [0.4, 0.5) is 0 Å². The molecule has 106 valence electrons. The van der Waals surface area contributed by atoms with Crippen LogP contribution >= 0.6 is 0 Å². The molecule has 1 saturated heterocycles. The minimum Gasteiger partial charge on any atom is -0.350 e. The van der Waals surface area contributed by atoms with Gasteiger partial charge in [0.1, 0.15) is 0 Å². The van der Waals surface area contributed by atoms with Gasteiger partial charge >= 0.3 is 0 Å². The average Bonchev–Trinajstić information content (AvgIpc) is 2.37. The summed E-state index contributed by atoms with van der Waals surface area (Å²) < 4.78 is 0. The van der Waals surface area contributed by atoms with Crippen molar-refractivity contribution in [3.63, 3.8) is 0 Å². The van der Waals surface area contributed by atoms with E-state index in [4.69, 9.17) is 0 Å². The van der Waals surface area contributed by atoms with Crippen molar-refractivity contribution in [1.29, 1.82) is 0 Å². The molecule has 0 radical (unpaired) electrons. The zero-order valence-corrected chi connectivity index (χ0v) is 11.8. The largest absolute Gasteiger partial charge is 0.350 e. The summed E-state index contributed by atoms with van der Waals surface area (Å²) in [6.07, 6.45) is 10.2. The molecule has 5 rings (SSSR count). The van der Waals surface area contributed by atoms with Crippen molar-refractivity contribution in [2.24, 2.45) is 23.7 Å². The molecule has 5 aliphatic rings. The third-order valence-corrected chi connectivity index (χ3v) is 6.14. The second-order valence-electron chi connectivity index (χ2n) is 7.71. The molecule has 3 nitrogen and oxygen atoms in total. The maximum atomic E-state index is 12.5. The molecule has 1 aliphatic heterocycles. The molecule has 0 atom stereocenters. The van der Waals surface area contributed by atoms with Crippen LogP contribution in [-0.2, 0) is 4.79 Å². The van der Waals surface area contributed by atoms with Crippen LogP contribution in [0.3, 0.4) is 0 Å². The van der Waals surface area contributed by atoms with Crippen molar-refractivity contribution in [2.45, 2.75) is 56.9 Å². The lowest BCUT2D eigenvalue weighted by atomic mass is 9.53. The molecule has 0 aromatic rings. The number of piperidine rings is 1. The molecule has 0 aromatic carbocycles. The molecule has 4 aliphatic carbocycles. The van der Waals surface area contributed by atoms with E-state index in [1.165, 1.54) is 38.5 Å². The van der Waals surface area contributed by atoms with Gasteiger partial charge in [0.15, 0.2) is 0 Å². The predicted molar refractivity (Wildman–Crippen MR) is 74.6 cm³/mol. The standard InChI is InChI=1S/C16H26N2O/c19-15(14-1-3-17-4-2-14)18-16-8-11-5-12(9-16)7-13(6-11)10-16/h11-14,17H,1-10H2,(H,18,19). The highest BCUT2D eigenvalue weighted by Gasteiger charge is 2.51. The van der Waals surface area contributed by atoms with E-state index in [-0.39, 0.29) is 11.5 Å². The van der Waals surface area contributed by atoms with Gasteiger partial charge in [-0.3, -0.25) is 4.79 Å². The molecule has 4 bridgehead atoms. The van der Waals surface area contributed by atoms with Crippen molar-refractivity contribution >= 4 is 5.91 Å². The molecule has 0 spiro atoms. The van der Waals surface area contributed by atoms with Gasteiger partial charge in [-0.05, 0) is 82.2 Å². The molecule has 0 unspecified atom stereocenters. The molecule has 0 aromatic heterocycles. The monoisotopic (exact) mass is 262 g/mol. The lowest BCUT2D eigenvalue weighted by Crippen LogP contribution is -2.61. The van der Waals surface area contributed by atoms with Gasteiger partial charge in [0.05, 0.1) is 0 Å². The van der Waals surface area contributed by atoms with Gasteiger partial charge in [0.25, 0.3) is 0 Å². The zero-order chi connectivity index (χ0) is 12.9. The maximum absolute atomic E-state index is 12.5. The molecule has 3 heteroatoms. The zero-order valence-electron chi connectivity index (χ0n) is 11.8. The molecule has 2 N–H and O–H groups in total. The molecule has 5 fully saturated rings. The van der Waals surface area contributed by atoms with Gasteiger partial charge in [0.2, 0.25) is 5.91 Å². The highest BCUT2D eigenvalue weighted by atomic mass is 16.2. The minimum absolute atomic E-state index is 0.205. The molecule has 1 amide bonds. The van der Waals surface area contributed by atoms with Crippen LogP contribution in [0.25, 0.3) is 0 Å². The average molecular weight is 262 g/mol. The van der Waals surface area contributed by atoms with Gasteiger partial charge < -0.3 is 10.6 Å². The predicted octanol–water partition coefficient (Wildman–Crippen LogP) is 2.07. The Balaban J connectivity index is 1.45. The van der Waals surface area contributed by atoms with E-state index < -0.39 is 0 Å². The van der Waals surface area contributed by atoms with Crippen LogP contribution in [0.15, 0.2) is 0 Å². The molecular formula is C16H26N2O. The van der Waals surface area contributed by atoms with E-state index in [0.29, 0.717) is 5.91 Å². The Kier molecular flexibility index (Phi) is 2.87. The summed E-state index contributed by atoms with van der Waals surface area (Å²) in [5.41, 5.74) is 0.205. The van der Waals surface area contributed by atoms with E-state index in [1.54, 1.807) is 0 Å². The number of rotatable bonds is 2. The first-order valence-electron chi connectivity index (χ1n) is 8.25. The summed E-state index contributed by atoms with van der Waals surface area (Å²) in [6, 6.07) is 0. The summed E-state index contributed by atoms with van der Waals surface area (Å²) in [6.45, 7) is 2.03. The van der Waals surface area contributed by atoms with Crippen molar-refractivity contribution < 1.29 is 4.79 Å². The first kappa shape index (κ1) is 12.2. The number of amides is 1. The number of hydrogen-bond donors (Lipinski definition) is 2. The molecule has 19 heavy (non-hydrogen) atoms. The SMILES string of the molecule is O=C(NC12CC3CC(CC(C3)C1)C2)C1CCNCC1. The first-order chi connectivity index (χ1) is 9.22. The van der Waals surface area contributed by atoms with E-state index in [1.807, 2.05) is 0 Å². The Labute approximate surface area is 115 Å². The van der Waals surface area contributed by atoms with Crippen LogP contribution in [0.1, 0.15) is 51.4 Å². The highest BCUT2D eigenvalue weighted by Crippen LogP contribution is 2.55. The fourth-order valence-electron chi connectivity index (χ4n) is 5.71. The third kappa shape index (κ3) is 2.20. The fourth-order valence-corrected chi connectivity index (χ4v) is 5.71. The molecule has 4 saturated carbocycles. The lowest BCUT2D eigenvalue weighted by molar-refractivity contribution is -0.131. The van der Waals surface area contributed by atoms with E-state index >= 15 is 0 Å². The van der Waals surface area contributed by atoms with Crippen LogP contribution in [0.2, 0.25) is 0 Å². The normalized spacial score (nSPS) is 45.4. The summed E-state index contributed by atoms with van der Waals surface area (Å²) >= 11 is 0.